The molecule has 2 rings (SSSR count). The second-order valence-corrected chi connectivity index (χ2v) is 6.08. The van der Waals surface area contributed by atoms with Crippen molar-refractivity contribution in [3.05, 3.63) is 29.3 Å². The van der Waals surface area contributed by atoms with Crippen LogP contribution in [0.2, 0.25) is 5.02 Å². The molecule has 0 aliphatic rings. The summed E-state index contributed by atoms with van der Waals surface area (Å²) in [4.78, 5) is 22.7. The van der Waals surface area contributed by atoms with E-state index in [4.69, 9.17) is 11.6 Å². The van der Waals surface area contributed by atoms with E-state index < -0.39 is 5.97 Å². The number of aromatic nitrogens is 3. The normalized spacial score (nSPS) is 10.5. The van der Waals surface area contributed by atoms with Crippen molar-refractivity contribution in [3.8, 4) is 11.4 Å². The van der Waals surface area contributed by atoms with E-state index in [0.717, 1.165) is 5.56 Å². The van der Waals surface area contributed by atoms with Crippen molar-refractivity contribution in [3.63, 3.8) is 0 Å². The van der Waals surface area contributed by atoms with Gasteiger partial charge in [-0.2, -0.15) is 0 Å². The first-order valence-corrected chi connectivity index (χ1v) is 8.57. The summed E-state index contributed by atoms with van der Waals surface area (Å²) < 4.78 is 6.38. The summed E-state index contributed by atoms with van der Waals surface area (Å²) in [5.74, 6) is 0.0845. The molecule has 0 spiro atoms. The fourth-order valence-electron chi connectivity index (χ4n) is 1.92. The number of halogens is 1. The lowest BCUT2D eigenvalue weighted by atomic mass is 10.2. The number of ether oxygens (including phenoxy) is 1. The van der Waals surface area contributed by atoms with E-state index in [1.54, 1.807) is 12.1 Å². The molecule has 0 radical (unpaired) electrons. The van der Waals surface area contributed by atoms with Crippen molar-refractivity contribution in [2.45, 2.75) is 18.6 Å². The maximum atomic E-state index is 11.7. The smallest absolute Gasteiger partial charge is 0.325 e. The minimum Gasteiger partial charge on any atom is -0.468 e. The third kappa shape index (κ3) is 4.72. The van der Waals surface area contributed by atoms with Gasteiger partial charge in [0, 0.05) is 17.1 Å². The molecule has 1 heterocycles. The van der Waals surface area contributed by atoms with E-state index >= 15 is 0 Å². The van der Waals surface area contributed by atoms with E-state index in [2.05, 4.69) is 20.3 Å². The molecule has 1 N–H and O–H groups in total. The van der Waals surface area contributed by atoms with Gasteiger partial charge in [0.15, 0.2) is 11.0 Å². The largest absolute Gasteiger partial charge is 0.468 e. The van der Waals surface area contributed by atoms with Crippen LogP contribution in [0, 0.1) is 0 Å². The van der Waals surface area contributed by atoms with Crippen molar-refractivity contribution < 1.29 is 14.3 Å². The Morgan fingerprint density at radius 1 is 1.29 bits per heavy atom. The highest BCUT2D eigenvalue weighted by atomic mass is 35.5. The number of hydrogen-bond donors (Lipinski definition) is 1. The van der Waals surface area contributed by atoms with Crippen molar-refractivity contribution in [1.82, 2.24) is 20.1 Å². The zero-order valence-corrected chi connectivity index (χ0v) is 14.9. The Hall–Kier alpha value is -2.06. The number of carbonyl (C=O) groups is 2. The Kier molecular flexibility index (Phi) is 6.62. The number of amides is 1. The summed E-state index contributed by atoms with van der Waals surface area (Å²) in [6, 6.07) is 7.32. The van der Waals surface area contributed by atoms with Gasteiger partial charge >= 0.3 is 5.97 Å². The maximum absolute atomic E-state index is 11.7. The molecule has 2 aromatic rings. The number of nitrogens with zero attached hydrogens (tertiary/aromatic N) is 3. The van der Waals surface area contributed by atoms with Crippen molar-refractivity contribution in [1.29, 1.82) is 0 Å². The van der Waals surface area contributed by atoms with Gasteiger partial charge in [-0.05, 0) is 31.2 Å². The fraction of sp³-hybridized carbons (Fsp3) is 0.333. The monoisotopic (exact) mass is 368 g/mol. The van der Waals surface area contributed by atoms with Crippen LogP contribution in [0.5, 0.6) is 0 Å². The number of esters is 1. The van der Waals surface area contributed by atoms with Crippen LogP contribution in [0.4, 0.5) is 0 Å². The number of rotatable bonds is 7. The molecule has 1 amide bonds. The molecule has 24 heavy (non-hydrogen) atoms. The van der Waals surface area contributed by atoms with Gasteiger partial charge in [0.2, 0.25) is 5.91 Å². The predicted octanol–water partition coefficient (Wildman–Crippen LogP) is 2.00. The Labute approximate surface area is 148 Å². The van der Waals surface area contributed by atoms with E-state index in [0.29, 0.717) is 22.5 Å². The molecule has 0 atom stereocenters. The van der Waals surface area contributed by atoms with Crippen LogP contribution in [0.25, 0.3) is 11.4 Å². The Morgan fingerprint density at radius 2 is 2.00 bits per heavy atom. The number of methoxy groups -OCH3 is 1. The number of benzene rings is 1. The van der Waals surface area contributed by atoms with E-state index in [1.807, 2.05) is 23.6 Å². The van der Waals surface area contributed by atoms with E-state index in [9.17, 15) is 9.59 Å². The van der Waals surface area contributed by atoms with Gasteiger partial charge in [-0.3, -0.25) is 9.59 Å². The molecule has 0 unspecified atom stereocenters. The Morgan fingerprint density at radius 3 is 2.62 bits per heavy atom. The van der Waals surface area contributed by atoms with Gasteiger partial charge in [-0.15, -0.1) is 10.2 Å². The summed E-state index contributed by atoms with van der Waals surface area (Å²) in [6.45, 7) is 2.49. The molecule has 1 aromatic heterocycles. The molecule has 0 aliphatic heterocycles. The summed E-state index contributed by atoms with van der Waals surface area (Å²) in [5, 5.41) is 12.1. The lowest BCUT2D eigenvalue weighted by Crippen LogP contribution is -2.31. The van der Waals surface area contributed by atoms with Crippen molar-refractivity contribution in [2.24, 2.45) is 0 Å². The highest BCUT2D eigenvalue weighted by Gasteiger charge is 2.15. The predicted molar refractivity (Wildman–Crippen MR) is 91.9 cm³/mol. The quantitative estimate of drug-likeness (QED) is 0.594. The average Bonchev–Trinajstić information content (AvgIpc) is 3.01. The van der Waals surface area contributed by atoms with E-state index in [-0.39, 0.29) is 18.2 Å². The molecule has 0 saturated heterocycles. The summed E-state index contributed by atoms with van der Waals surface area (Å²) in [5.41, 5.74) is 0.899. The maximum Gasteiger partial charge on any atom is 0.325 e. The molecule has 1 aromatic carbocycles. The molecule has 0 saturated carbocycles. The lowest BCUT2D eigenvalue weighted by Gasteiger charge is -2.07. The molecule has 0 fully saturated rings. The van der Waals surface area contributed by atoms with Crippen LogP contribution in [0.1, 0.15) is 6.92 Å². The number of carbonyl (C=O) groups excluding carboxylic acids is 2. The first kappa shape index (κ1) is 18.3. The molecular formula is C15H17ClN4O3S. The Balaban J connectivity index is 2.02. The van der Waals surface area contributed by atoms with Gasteiger partial charge in [-0.1, -0.05) is 23.4 Å². The SMILES string of the molecule is CCn1c(SCC(=O)NCC(=O)OC)nnc1-c1ccc(Cl)cc1. The molecular weight excluding hydrogens is 352 g/mol. The molecule has 7 nitrogen and oxygen atoms in total. The second-order valence-electron chi connectivity index (χ2n) is 4.70. The first-order chi connectivity index (χ1) is 11.5. The fourth-order valence-corrected chi connectivity index (χ4v) is 2.88. The van der Waals surface area contributed by atoms with Gasteiger partial charge in [0.05, 0.1) is 12.9 Å². The summed E-state index contributed by atoms with van der Waals surface area (Å²) in [7, 11) is 1.27. The molecule has 0 aliphatic carbocycles. The molecule has 0 bridgehead atoms. The van der Waals surface area contributed by atoms with Crippen LogP contribution < -0.4 is 5.32 Å². The highest BCUT2D eigenvalue weighted by Crippen LogP contribution is 2.24. The van der Waals surface area contributed by atoms with Crippen LogP contribution >= 0.6 is 23.4 Å². The summed E-state index contributed by atoms with van der Waals surface area (Å²) >= 11 is 7.16. The number of thioether (sulfide) groups is 1. The van der Waals surface area contributed by atoms with Gasteiger partial charge in [-0.25, -0.2) is 0 Å². The Bertz CT molecular complexity index is 718. The molecule has 9 heteroatoms. The number of hydrogen-bond acceptors (Lipinski definition) is 6. The van der Waals surface area contributed by atoms with Crippen LogP contribution in [0.3, 0.4) is 0 Å². The van der Waals surface area contributed by atoms with Gasteiger partial charge in [0.25, 0.3) is 0 Å². The zero-order chi connectivity index (χ0) is 17.5. The average molecular weight is 369 g/mol. The van der Waals surface area contributed by atoms with Gasteiger partial charge < -0.3 is 14.6 Å². The zero-order valence-electron chi connectivity index (χ0n) is 13.3. The van der Waals surface area contributed by atoms with Crippen molar-refractivity contribution in [2.75, 3.05) is 19.4 Å². The number of nitrogens with one attached hydrogen (secondary N) is 1. The van der Waals surface area contributed by atoms with Crippen LogP contribution in [-0.4, -0.2) is 46.0 Å². The van der Waals surface area contributed by atoms with Crippen LogP contribution in [-0.2, 0) is 20.9 Å². The first-order valence-electron chi connectivity index (χ1n) is 7.20. The third-order valence-electron chi connectivity index (χ3n) is 3.13. The summed E-state index contributed by atoms with van der Waals surface area (Å²) in [6.07, 6.45) is 0. The minimum absolute atomic E-state index is 0.135. The standard InChI is InChI=1S/C15H17ClN4O3S/c1-3-20-14(10-4-6-11(16)7-5-10)18-19-15(20)24-9-12(21)17-8-13(22)23-2/h4-7H,3,8-9H2,1-2H3,(H,17,21). The third-order valence-corrected chi connectivity index (χ3v) is 4.34. The van der Waals surface area contributed by atoms with Gasteiger partial charge in [0.1, 0.15) is 6.54 Å². The molecule has 128 valence electrons. The minimum atomic E-state index is -0.491. The second kappa shape index (κ2) is 8.70. The van der Waals surface area contributed by atoms with Crippen molar-refractivity contribution >= 4 is 35.2 Å². The highest BCUT2D eigenvalue weighted by molar-refractivity contribution is 7.99. The lowest BCUT2D eigenvalue weighted by molar-refractivity contribution is -0.140. The topological polar surface area (TPSA) is 86.1 Å². The van der Waals surface area contributed by atoms with E-state index in [1.165, 1.54) is 18.9 Å². The van der Waals surface area contributed by atoms with Crippen LogP contribution in [0.15, 0.2) is 29.4 Å².